The van der Waals surface area contributed by atoms with Crippen LogP contribution >= 0.6 is 0 Å². The van der Waals surface area contributed by atoms with E-state index in [-0.39, 0.29) is 0 Å². The van der Waals surface area contributed by atoms with Crippen molar-refractivity contribution >= 4 is 82.5 Å². The smallest absolute Gasteiger partial charge is 0.160 e. The fourth-order valence-corrected chi connectivity index (χ4v) is 7.33. The Hall–Kier alpha value is -6.32. The molecule has 0 saturated carbocycles. The van der Waals surface area contributed by atoms with Gasteiger partial charge in [-0.3, -0.25) is 0 Å². The summed E-state index contributed by atoms with van der Waals surface area (Å²) < 4.78 is 13.3. The molecule has 0 N–H and O–H groups in total. The number of fused-ring (bicyclic) bond motifs is 9. The van der Waals surface area contributed by atoms with Crippen molar-refractivity contribution < 1.29 is 8.83 Å². The number of para-hydroxylation sites is 2. The van der Waals surface area contributed by atoms with Gasteiger partial charge >= 0.3 is 0 Å². The molecule has 8 aromatic carbocycles. The molecule has 0 saturated heterocycles. The van der Waals surface area contributed by atoms with Gasteiger partial charge in [0.2, 0.25) is 0 Å². The first-order valence-electron chi connectivity index (χ1n) is 15.9. The first-order valence-corrected chi connectivity index (χ1v) is 15.9. The summed E-state index contributed by atoms with van der Waals surface area (Å²) in [6.45, 7) is 0. The predicted octanol–water partition coefficient (Wildman–Crippen LogP) is 12.9. The average molecular weight is 602 g/mol. The van der Waals surface area contributed by atoms with E-state index in [2.05, 4.69) is 150 Å². The molecule has 10 aromatic rings. The van der Waals surface area contributed by atoms with Crippen LogP contribution in [0.3, 0.4) is 0 Å². The maximum Gasteiger partial charge on any atom is 0.160 e. The third kappa shape index (κ3) is 3.93. The van der Waals surface area contributed by atoms with Crippen molar-refractivity contribution in [1.82, 2.24) is 0 Å². The highest BCUT2D eigenvalue weighted by Gasteiger charge is 2.24. The van der Waals surface area contributed by atoms with Crippen LogP contribution in [0.15, 0.2) is 173 Å². The summed E-state index contributed by atoms with van der Waals surface area (Å²) >= 11 is 0. The van der Waals surface area contributed by atoms with Gasteiger partial charge in [0, 0.05) is 33.0 Å². The van der Waals surface area contributed by atoms with Crippen LogP contribution in [-0.2, 0) is 0 Å². The molecule has 0 radical (unpaired) electrons. The van der Waals surface area contributed by atoms with E-state index >= 15 is 0 Å². The van der Waals surface area contributed by atoms with E-state index in [4.69, 9.17) is 8.83 Å². The van der Waals surface area contributed by atoms with Gasteiger partial charge in [-0.15, -0.1) is 0 Å². The molecule has 0 atom stereocenters. The molecule has 10 rings (SSSR count). The molecule has 0 bridgehead atoms. The second kappa shape index (κ2) is 10.1. The number of rotatable bonds is 4. The zero-order valence-electron chi connectivity index (χ0n) is 25.4. The number of anilines is 3. The molecule has 0 fully saturated rings. The molecule has 0 aliphatic rings. The molecule has 0 aliphatic heterocycles. The summed E-state index contributed by atoms with van der Waals surface area (Å²) in [5.74, 6) is 0. The van der Waals surface area contributed by atoms with Gasteiger partial charge in [0.15, 0.2) is 5.58 Å². The summed E-state index contributed by atoms with van der Waals surface area (Å²) in [5, 5.41) is 9.18. The molecule has 2 heterocycles. The highest BCUT2D eigenvalue weighted by molar-refractivity contribution is 6.19. The van der Waals surface area contributed by atoms with Gasteiger partial charge in [-0.1, -0.05) is 121 Å². The average Bonchev–Trinajstić information content (AvgIpc) is 3.71. The Morgan fingerprint density at radius 2 is 1.02 bits per heavy atom. The van der Waals surface area contributed by atoms with Crippen LogP contribution in [0.25, 0.3) is 76.5 Å². The summed E-state index contributed by atoms with van der Waals surface area (Å²) in [6, 6.07) is 57.8. The fourth-order valence-electron chi connectivity index (χ4n) is 7.33. The maximum absolute atomic E-state index is 6.84. The third-order valence-corrected chi connectivity index (χ3v) is 9.44. The SMILES string of the molecule is c1ccc(-c2ccc(N(c3ccc4c(c3)oc3ccccc34)c3cc4ccccc4c4ccccc34)c3oc4ccccc4c23)cc1. The van der Waals surface area contributed by atoms with Gasteiger partial charge in [-0.05, 0) is 63.7 Å². The van der Waals surface area contributed by atoms with Gasteiger partial charge in [0.1, 0.15) is 16.7 Å². The molecule has 2 aromatic heterocycles. The van der Waals surface area contributed by atoms with Crippen molar-refractivity contribution in [3.63, 3.8) is 0 Å². The number of hydrogen-bond donors (Lipinski definition) is 0. The first-order chi connectivity index (χ1) is 23.3. The predicted molar refractivity (Wildman–Crippen MR) is 196 cm³/mol. The van der Waals surface area contributed by atoms with Gasteiger partial charge in [0.05, 0.1) is 17.1 Å². The number of benzene rings is 8. The molecule has 3 heteroatoms. The largest absolute Gasteiger partial charge is 0.456 e. The Bertz CT molecular complexity index is 2810. The van der Waals surface area contributed by atoms with Crippen molar-refractivity contribution in [2.75, 3.05) is 4.90 Å². The summed E-state index contributed by atoms with van der Waals surface area (Å²) in [4.78, 5) is 2.35. The molecular weight excluding hydrogens is 574 g/mol. The maximum atomic E-state index is 6.84. The Morgan fingerprint density at radius 1 is 0.383 bits per heavy atom. The molecule has 0 aliphatic carbocycles. The summed E-state index contributed by atoms with van der Waals surface area (Å²) in [6.07, 6.45) is 0. The topological polar surface area (TPSA) is 29.5 Å². The lowest BCUT2D eigenvalue weighted by molar-refractivity contribution is 0.667. The van der Waals surface area contributed by atoms with Crippen LogP contribution in [0.1, 0.15) is 0 Å². The standard InChI is InChI=1S/C44H27NO2/c1-2-12-28(13-3-1)32-24-25-38(44-43(32)37-19-9-11-21-41(37)47-44)45(30-22-23-36-35-18-8-10-20-40(35)46-42(36)27-30)39-26-29-14-4-5-15-31(29)33-16-6-7-17-34(33)39/h1-27H. The van der Waals surface area contributed by atoms with Crippen molar-refractivity contribution in [1.29, 1.82) is 0 Å². The van der Waals surface area contributed by atoms with Crippen molar-refractivity contribution in [3.05, 3.63) is 164 Å². The highest BCUT2D eigenvalue weighted by Crippen LogP contribution is 2.48. The molecule has 47 heavy (non-hydrogen) atoms. The van der Waals surface area contributed by atoms with E-state index in [9.17, 15) is 0 Å². The van der Waals surface area contributed by atoms with Crippen molar-refractivity contribution in [2.24, 2.45) is 0 Å². The lowest BCUT2D eigenvalue weighted by Crippen LogP contribution is -2.11. The highest BCUT2D eigenvalue weighted by atomic mass is 16.3. The van der Waals surface area contributed by atoms with Crippen molar-refractivity contribution in [2.45, 2.75) is 0 Å². The number of nitrogens with zero attached hydrogens (tertiary/aromatic N) is 1. The Kier molecular flexibility index (Phi) is 5.57. The van der Waals surface area contributed by atoms with E-state index < -0.39 is 0 Å². The second-order valence-electron chi connectivity index (χ2n) is 12.1. The lowest BCUT2D eigenvalue weighted by atomic mass is 9.96. The number of hydrogen-bond acceptors (Lipinski definition) is 3. The summed E-state index contributed by atoms with van der Waals surface area (Å²) in [5.41, 5.74) is 8.77. The first kappa shape index (κ1) is 26.0. The minimum atomic E-state index is 0.842. The van der Waals surface area contributed by atoms with Gasteiger partial charge in [-0.2, -0.15) is 0 Å². The lowest BCUT2D eigenvalue weighted by Gasteiger charge is -2.28. The summed E-state index contributed by atoms with van der Waals surface area (Å²) in [7, 11) is 0. The molecule has 0 unspecified atom stereocenters. The van der Waals surface area contributed by atoms with Crippen LogP contribution in [-0.4, -0.2) is 0 Å². The van der Waals surface area contributed by atoms with E-state index in [0.29, 0.717) is 0 Å². The number of furan rings is 2. The van der Waals surface area contributed by atoms with Crippen LogP contribution in [0.2, 0.25) is 0 Å². The van der Waals surface area contributed by atoms with E-state index in [0.717, 1.165) is 77.5 Å². The van der Waals surface area contributed by atoms with E-state index in [1.165, 1.54) is 16.2 Å². The van der Waals surface area contributed by atoms with Crippen LogP contribution in [0.5, 0.6) is 0 Å². The normalized spacial score (nSPS) is 11.8. The van der Waals surface area contributed by atoms with Crippen LogP contribution in [0.4, 0.5) is 17.1 Å². The van der Waals surface area contributed by atoms with E-state index in [1.54, 1.807) is 0 Å². The Labute approximate surface area is 270 Å². The van der Waals surface area contributed by atoms with Gasteiger partial charge in [0.25, 0.3) is 0 Å². The molecule has 3 nitrogen and oxygen atoms in total. The molecular formula is C44H27NO2. The molecule has 220 valence electrons. The molecule has 0 spiro atoms. The zero-order chi connectivity index (χ0) is 30.9. The van der Waals surface area contributed by atoms with Crippen molar-refractivity contribution in [3.8, 4) is 11.1 Å². The zero-order valence-corrected chi connectivity index (χ0v) is 25.4. The Balaban J connectivity index is 1.33. The second-order valence-corrected chi connectivity index (χ2v) is 12.1. The van der Waals surface area contributed by atoms with Gasteiger partial charge < -0.3 is 13.7 Å². The van der Waals surface area contributed by atoms with E-state index in [1.807, 2.05) is 18.2 Å². The third-order valence-electron chi connectivity index (χ3n) is 9.44. The quantitative estimate of drug-likeness (QED) is 0.188. The Morgan fingerprint density at radius 3 is 1.85 bits per heavy atom. The molecule has 0 amide bonds. The minimum Gasteiger partial charge on any atom is -0.456 e. The van der Waals surface area contributed by atoms with Crippen LogP contribution in [0, 0.1) is 0 Å². The van der Waals surface area contributed by atoms with Gasteiger partial charge in [-0.25, -0.2) is 0 Å². The monoisotopic (exact) mass is 601 g/mol. The van der Waals surface area contributed by atoms with Crippen LogP contribution < -0.4 is 4.90 Å². The minimum absolute atomic E-state index is 0.842. The fraction of sp³-hybridized carbons (Fsp3) is 0.